The third kappa shape index (κ3) is 4.90. The molecule has 0 saturated carbocycles. The zero-order valence-corrected chi connectivity index (χ0v) is 13.1. The summed E-state index contributed by atoms with van der Waals surface area (Å²) in [5.41, 5.74) is 2.05. The maximum atomic E-state index is 13.7. The first kappa shape index (κ1) is 16.6. The van der Waals surface area contributed by atoms with Gasteiger partial charge in [-0.1, -0.05) is 45.1 Å². The van der Waals surface area contributed by atoms with Crippen LogP contribution in [0.15, 0.2) is 36.5 Å². The lowest BCUT2D eigenvalue weighted by Gasteiger charge is -2.05. The van der Waals surface area contributed by atoms with Crippen molar-refractivity contribution >= 4 is 0 Å². The maximum absolute atomic E-state index is 13.7. The van der Waals surface area contributed by atoms with Gasteiger partial charge in [-0.05, 0) is 36.6 Å². The molecule has 1 aromatic heterocycles. The molecule has 1 nitrogen and oxygen atoms in total. The Balaban J connectivity index is 1.87. The van der Waals surface area contributed by atoms with E-state index in [-0.39, 0.29) is 0 Å². The summed E-state index contributed by atoms with van der Waals surface area (Å²) in [5, 5.41) is 0. The summed E-state index contributed by atoms with van der Waals surface area (Å²) < 4.78 is 26.6. The van der Waals surface area contributed by atoms with Gasteiger partial charge in [0.15, 0.2) is 0 Å². The Labute approximate surface area is 131 Å². The quantitative estimate of drug-likeness (QED) is 0.551. The normalized spacial score (nSPS) is 10.9. The van der Waals surface area contributed by atoms with Crippen molar-refractivity contribution in [2.75, 3.05) is 0 Å². The Kier molecular flexibility index (Phi) is 6.50. The zero-order valence-electron chi connectivity index (χ0n) is 13.1. The van der Waals surface area contributed by atoms with Crippen LogP contribution >= 0.6 is 0 Å². The van der Waals surface area contributed by atoms with E-state index in [0.29, 0.717) is 11.3 Å². The van der Waals surface area contributed by atoms with E-state index in [2.05, 4.69) is 11.9 Å². The number of aryl methyl sites for hydroxylation is 1. The molecular formula is C19H23F2N. The Morgan fingerprint density at radius 1 is 0.909 bits per heavy atom. The van der Waals surface area contributed by atoms with E-state index < -0.39 is 11.6 Å². The van der Waals surface area contributed by atoms with Crippen molar-refractivity contribution in [1.29, 1.82) is 0 Å². The predicted octanol–water partition coefficient (Wildman–Crippen LogP) is 5.93. The molecule has 0 bridgehead atoms. The highest BCUT2D eigenvalue weighted by molar-refractivity contribution is 5.59. The molecule has 3 heteroatoms. The van der Waals surface area contributed by atoms with Crippen molar-refractivity contribution in [2.24, 2.45) is 0 Å². The molecule has 0 atom stereocenters. The van der Waals surface area contributed by atoms with Gasteiger partial charge in [0.1, 0.15) is 11.6 Å². The molecule has 0 fully saturated rings. The zero-order chi connectivity index (χ0) is 15.8. The first-order valence-corrected chi connectivity index (χ1v) is 8.11. The molecule has 0 N–H and O–H groups in total. The van der Waals surface area contributed by atoms with Crippen molar-refractivity contribution in [2.45, 2.75) is 51.9 Å². The highest BCUT2D eigenvalue weighted by Gasteiger charge is 2.07. The van der Waals surface area contributed by atoms with Crippen LogP contribution in [0, 0.1) is 11.6 Å². The Hall–Kier alpha value is -1.77. The summed E-state index contributed by atoms with van der Waals surface area (Å²) in [6, 6.07) is 7.37. The second-order valence-electron chi connectivity index (χ2n) is 5.69. The van der Waals surface area contributed by atoms with Crippen molar-refractivity contribution in [3.63, 3.8) is 0 Å². The van der Waals surface area contributed by atoms with Gasteiger partial charge in [0.2, 0.25) is 0 Å². The fourth-order valence-electron chi connectivity index (χ4n) is 2.54. The number of pyridine rings is 1. The lowest BCUT2D eigenvalue weighted by atomic mass is 10.0. The van der Waals surface area contributed by atoms with Crippen LogP contribution in [0.3, 0.4) is 0 Å². The third-order valence-electron chi connectivity index (χ3n) is 3.85. The molecule has 0 aliphatic carbocycles. The summed E-state index contributed by atoms with van der Waals surface area (Å²) in [6.45, 7) is 2.22. The van der Waals surface area contributed by atoms with Gasteiger partial charge in [-0.3, -0.25) is 4.98 Å². The van der Waals surface area contributed by atoms with E-state index in [4.69, 9.17) is 0 Å². The Morgan fingerprint density at radius 3 is 2.36 bits per heavy atom. The number of benzene rings is 1. The second kappa shape index (κ2) is 8.62. The Bertz CT molecular complexity index is 578. The summed E-state index contributed by atoms with van der Waals surface area (Å²) >= 11 is 0. The average molecular weight is 303 g/mol. The third-order valence-corrected chi connectivity index (χ3v) is 3.85. The highest BCUT2D eigenvalue weighted by atomic mass is 19.1. The standard InChI is InChI=1S/C19H23F2N/c1-2-3-4-5-6-7-8-15-9-12-19(22-14-15)17-11-10-16(20)13-18(17)21/h9-14H,2-8H2,1H3. The fraction of sp³-hybridized carbons (Fsp3) is 0.421. The molecular weight excluding hydrogens is 280 g/mol. The summed E-state index contributed by atoms with van der Waals surface area (Å²) in [7, 11) is 0. The number of nitrogens with zero attached hydrogens (tertiary/aromatic N) is 1. The van der Waals surface area contributed by atoms with Crippen LogP contribution in [0.4, 0.5) is 8.78 Å². The van der Waals surface area contributed by atoms with Crippen LogP contribution < -0.4 is 0 Å². The van der Waals surface area contributed by atoms with Gasteiger partial charge in [0.05, 0.1) is 5.69 Å². The van der Waals surface area contributed by atoms with Gasteiger partial charge in [-0.25, -0.2) is 8.78 Å². The van der Waals surface area contributed by atoms with Crippen molar-refractivity contribution < 1.29 is 8.78 Å². The molecule has 0 unspecified atom stereocenters. The van der Waals surface area contributed by atoms with Crippen LogP contribution in [0.25, 0.3) is 11.3 Å². The molecule has 2 aromatic rings. The lowest BCUT2D eigenvalue weighted by Crippen LogP contribution is -1.92. The minimum atomic E-state index is -0.573. The molecule has 0 radical (unpaired) electrons. The van der Waals surface area contributed by atoms with Gasteiger partial charge in [-0.2, -0.15) is 0 Å². The summed E-state index contributed by atoms with van der Waals surface area (Å²) in [4.78, 5) is 4.31. The van der Waals surface area contributed by atoms with Gasteiger partial charge < -0.3 is 0 Å². The van der Waals surface area contributed by atoms with E-state index in [1.807, 2.05) is 12.1 Å². The van der Waals surface area contributed by atoms with Crippen LogP contribution in [-0.4, -0.2) is 4.98 Å². The van der Waals surface area contributed by atoms with Crippen molar-refractivity contribution in [1.82, 2.24) is 4.98 Å². The molecule has 0 amide bonds. The van der Waals surface area contributed by atoms with Gasteiger partial charge in [0.25, 0.3) is 0 Å². The first-order chi connectivity index (χ1) is 10.7. The number of hydrogen-bond donors (Lipinski definition) is 0. The highest BCUT2D eigenvalue weighted by Crippen LogP contribution is 2.22. The van der Waals surface area contributed by atoms with Crippen molar-refractivity contribution in [3.8, 4) is 11.3 Å². The van der Waals surface area contributed by atoms with E-state index in [1.54, 1.807) is 6.20 Å². The second-order valence-corrected chi connectivity index (χ2v) is 5.69. The molecule has 22 heavy (non-hydrogen) atoms. The number of halogens is 2. The molecule has 0 saturated heterocycles. The van der Waals surface area contributed by atoms with E-state index in [9.17, 15) is 8.78 Å². The number of aromatic nitrogens is 1. The molecule has 0 spiro atoms. The molecule has 1 heterocycles. The average Bonchev–Trinajstić information content (AvgIpc) is 2.52. The van der Waals surface area contributed by atoms with Crippen molar-refractivity contribution in [3.05, 3.63) is 53.7 Å². The number of hydrogen-bond acceptors (Lipinski definition) is 1. The van der Waals surface area contributed by atoms with Crippen LogP contribution in [0.2, 0.25) is 0 Å². The molecule has 2 rings (SSSR count). The molecule has 1 aromatic carbocycles. The summed E-state index contributed by atoms with van der Waals surface area (Å²) in [5.74, 6) is -1.14. The van der Waals surface area contributed by atoms with Crippen LogP contribution in [0.1, 0.15) is 51.0 Å². The van der Waals surface area contributed by atoms with E-state index in [0.717, 1.165) is 18.9 Å². The smallest absolute Gasteiger partial charge is 0.135 e. The molecule has 0 aliphatic heterocycles. The van der Waals surface area contributed by atoms with E-state index in [1.165, 1.54) is 49.8 Å². The fourth-order valence-corrected chi connectivity index (χ4v) is 2.54. The first-order valence-electron chi connectivity index (χ1n) is 8.11. The molecule has 0 aliphatic rings. The monoisotopic (exact) mass is 303 g/mol. The van der Waals surface area contributed by atoms with Crippen LogP contribution in [0.5, 0.6) is 0 Å². The predicted molar refractivity (Wildman–Crippen MR) is 86.7 cm³/mol. The SMILES string of the molecule is CCCCCCCCc1ccc(-c2ccc(F)cc2F)nc1. The largest absolute Gasteiger partial charge is 0.256 e. The van der Waals surface area contributed by atoms with Crippen LogP contribution in [-0.2, 0) is 6.42 Å². The van der Waals surface area contributed by atoms with Gasteiger partial charge >= 0.3 is 0 Å². The minimum Gasteiger partial charge on any atom is -0.256 e. The maximum Gasteiger partial charge on any atom is 0.135 e. The summed E-state index contributed by atoms with van der Waals surface area (Å²) in [6.07, 6.45) is 10.4. The van der Waals surface area contributed by atoms with E-state index >= 15 is 0 Å². The Morgan fingerprint density at radius 2 is 1.68 bits per heavy atom. The number of rotatable bonds is 8. The minimum absolute atomic E-state index is 0.340. The van der Waals surface area contributed by atoms with Gasteiger partial charge in [-0.15, -0.1) is 0 Å². The topological polar surface area (TPSA) is 12.9 Å². The lowest BCUT2D eigenvalue weighted by molar-refractivity contribution is 0.585. The molecule has 118 valence electrons. The number of unbranched alkanes of at least 4 members (excludes halogenated alkanes) is 5. The van der Waals surface area contributed by atoms with Gasteiger partial charge in [0, 0.05) is 17.8 Å².